The van der Waals surface area contributed by atoms with Crippen molar-refractivity contribution in [2.45, 2.75) is 52.2 Å². The Morgan fingerprint density at radius 2 is 1.52 bits per heavy atom. The van der Waals surface area contributed by atoms with Crippen LogP contribution in [0.2, 0.25) is 0 Å². The smallest absolute Gasteiger partial charge is 0.173 e. The number of rotatable bonds is 4. The molecule has 0 saturated carbocycles. The van der Waals surface area contributed by atoms with Gasteiger partial charge in [-0.3, -0.25) is 4.79 Å². The van der Waals surface area contributed by atoms with E-state index in [-0.39, 0.29) is 5.78 Å². The van der Waals surface area contributed by atoms with Gasteiger partial charge in [-0.15, -0.1) is 0 Å². The highest BCUT2D eigenvalue weighted by Crippen LogP contribution is 2.51. The number of carbonyl (C=O) groups excluding carboxylic acids is 1. The van der Waals surface area contributed by atoms with Crippen LogP contribution in [0, 0.1) is 5.41 Å². The van der Waals surface area contributed by atoms with Crippen molar-refractivity contribution in [1.29, 1.82) is 0 Å². The summed E-state index contributed by atoms with van der Waals surface area (Å²) in [5.74, 6) is 1.50. The third-order valence-corrected chi connectivity index (χ3v) is 5.45. The lowest BCUT2D eigenvalue weighted by atomic mass is 9.68. The van der Waals surface area contributed by atoms with E-state index in [0.29, 0.717) is 17.9 Å². The number of benzene rings is 1. The predicted molar refractivity (Wildman–Crippen MR) is 93.3 cm³/mol. The lowest BCUT2D eigenvalue weighted by Gasteiger charge is -2.35. The van der Waals surface area contributed by atoms with Crippen LogP contribution < -0.4 is 9.47 Å². The van der Waals surface area contributed by atoms with Crippen LogP contribution in [0.4, 0.5) is 0 Å². The van der Waals surface area contributed by atoms with Crippen molar-refractivity contribution in [1.82, 2.24) is 0 Å². The van der Waals surface area contributed by atoms with Crippen molar-refractivity contribution >= 4 is 21.7 Å². The van der Waals surface area contributed by atoms with Crippen LogP contribution >= 0.6 is 15.9 Å². The maximum atomic E-state index is 13.0. The van der Waals surface area contributed by atoms with Crippen LogP contribution in [-0.2, 0) is 16.0 Å². The summed E-state index contributed by atoms with van der Waals surface area (Å²) in [5, 5.41) is 0. The van der Waals surface area contributed by atoms with Crippen LogP contribution in [-0.4, -0.2) is 31.2 Å². The van der Waals surface area contributed by atoms with Gasteiger partial charge in [-0.25, -0.2) is 0 Å². The monoisotopic (exact) mass is 384 g/mol. The molecule has 23 heavy (non-hydrogen) atoms. The van der Waals surface area contributed by atoms with E-state index in [1.54, 1.807) is 14.2 Å². The molecule has 2 rings (SSSR count). The molecule has 0 radical (unpaired) electrons. The van der Waals surface area contributed by atoms with Crippen molar-refractivity contribution in [3.05, 3.63) is 22.2 Å². The molecule has 1 heterocycles. The minimum absolute atomic E-state index is 0.0991. The minimum Gasteiger partial charge on any atom is -0.496 e. The van der Waals surface area contributed by atoms with Crippen LogP contribution in [0.25, 0.3) is 0 Å². The average Bonchev–Trinajstić information content (AvgIpc) is 2.57. The van der Waals surface area contributed by atoms with E-state index in [0.717, 1.165) is 10.0 Å². The Kier molecular flexibility index (Phi) is 4.59. The lowest BCUT2D eigenvalue weighted by Crippen LogP contribution is -2.44. The second-order valence-electron chi connectivity index (χ2n) is 7.25. The molecule has 1 aromatic carbocycles. The lowest BCUT2D eigenvalue weighted by molar-refractivity contribution is -0.133. The molecule has 0 bridgehead atoms. The molecule has 5 heteroatoms. The highest BCUT2D eigenvalue weighted by molar-refractivity contribution is 9.10. The second-order valence-corrected chi connectivity index (χ2v) is 8.17. The molecule has 128 valence electrons. The molecule has 0 aromatic heterocycles. The molecule has 0 amide bonds. The number of methoxy groups -OCH3 is 2. The summed E-state index contributed by atoms with van der Waals surface area (Å²) in [5.41, 5.74) is -1.18. The van der Waals surface area contributed by atoms with E-state index in [4.69, 9.17) is 14.2 Å². The maximum absolute atomic E-state index is 13.0. The zero-order valence-corrected chi connectivity index (χ0v) is 16.5. The van der Waals surface area contributed by atoms with E-state index in [2.05, 4.69) is 15.9 Å². The van der Waals surface area contributed by atoms with Crippen LogP contribution in [0.1, 0.15) is 40.2 Å². The van der Waals surface area contributed by atoms with Crippen molar-refractivity contribution < 1.29 is 19.0 Å². The largest absolute Gasteiger partial charge is 0.496 e. The van der Waals surface area contributed by atoms with Gasteiger partial charge in [0.05, 0.1) is 25.2 Å². The van der Waals surface area contributed by atoms with E-state index in [9.17, 15) is 4.79 Å². The van der Waals surface area contributed by atoms with Crippen molar-refractivity contribution in [3.8, 4) is 11.5 Å². The summed E-state index contributed by atoms with van der Waals surface area (Å²) in [6, 6.07) is 3.78. The first-order valence-electron chi connectivity index (χ1n) is 7.64. The summed E-state index contributed by atoms with van der Waals surface area (Å²) in [7, 11) is 3.24. The van der Waals surface area contributed by atoms with Gasteiger partial charge >= 0.3 is 0 Å². The van der Waals surface area contributed by atoms with Crippen LogP contribution in [0.15, 0.2) is 16.6 Å². The Labute approximate surface area is 146 Å². The fourth-order valence-electron chi connectivity index (χ4n) is 3.51. The molecule has 0 spiro atoms. The zero-order valence-electron chi connectivity index (χ0n) is 14.9. The normalized spacial score (nSPS) is 25.5. The van der Waals surface area contributed by atoms with Crippen LogP contribution in [0.5, 0.6) is 11.5 Å². The minimum atomic E-state index is -0.798. The van der Waals surface area contributed by atoms with Gasteiger partial charge < -0.3 is 14.2 Å². The quantitative estimate of drug-likeness (QED) is 0.781. The Morgan fingerprint density at radius 3 is 1.87 bits per heavy atom. The van der Waals surface area contributed by atoms with Crippen molar-refractivity contribution in [2.75, 3.05) is 14.2 Å². The highest BCUT2D eigenvalue weighted by Gasteiger charge is 2.61. The molecule has 0 aliphatic carbocycles. The Balaban J connectivity index is 2.56. The molecule has 1 fully saturated rings. The molecule has 1 aliphatic rings. The number of halogens is 1. The number of hydrogen-bond donors (Lipinski definition) is 0. The van der Waals surface area contributed by atoms with Gasteiger partial charge in [0.15, 0.2) is 5.78 Å². The number of carbonyl (C=O) groups is 1. The third-order valence-electron chi connectivity index (χ3n) is 4.99. The van der Waals surface area contributed by atoms with E-state index >= 15 is 0 Å². The average molecular weight is 385 g/mol. The second kappa shape index (κ2) is 5.78. The fourth-order valence-corrected chi connectivity index (χ4v) is 3.92. The SMILES string of the molecule is COc1cc(Br)cc(OC)c1CC1(C)C(=O)C(C)(C)OC1(C)C. The summed E-state index contributed by atoms with van der Waals surface area (Å²) in [6.45, 7) is 9.57. The summed E-state index contributed by atoms with van der Waals surface area (Å²) in [6.07, 6.45) is 0.488. The van der Waals surface area contributed by atoms with Gasteiger partial charge in [-0.05, 0) is 53.2 Å². The first kappa shape index (κ1) is 18.3. The molecule has 4 nitrogen and oxygen atoms in total. The number of hydrogen-bond acceptors (Lipinski definition) is 4. The molecule has 1 saturated heterocycles. The van der Waals surface area contributed by atoms with E-state index < -0.39 is 16.6 Å². The van der Waals surface area contributed by atoms with Crippen molar-refractivity contribution in [2.24, 2.45) is 5.41 Å². The van der Waals surface area contributed by atoms with Crippen molar-refractivity contribution in [3.63, 3.8) is 0 Å². The van der Waals surface area contributed by atoms with Crippen LogP contribution in [0.3, 0.4) is 0 Å². The first-order chi connectivity index (χ1) is 10.5. The summed E-state index contributed by atoms with van der Waals surface area (Å²) in [4.78, 5) is 13.0. The topological polar surface area (TPSA) is 44.8 Å². The maximum Gasteiger partial charge on any atom is 0.173 e. The van der Waals surface area contributed by atoms with Gasteiger partial charge in [0.25, 0.3) is 0 Å². The fraction of sp³-hybridized carbons (Fsp3) is 0.611. The third kappa shape index (κ3) is 2.89. The van der Waals surface area contributed by atoms with Gasteiger partial charge in [-0.1, -0.05) is 15.9 Å². The summed E-state index contributed by atoms with van der Waals surface area (Å²) >= 11 is 3.46. The molecule has 1 aromatic rings. The molecule has 0 N–H and O–H groups in total. The van der Waals surface area contributed by atoms with Gasteiger partial charge in [0.2, 0.25) is 0 Å². The predicted octanol–water partition coefficient (Wildman–Crippen LogP) is 4.17. The van der Waals surface area contributed by atoms with E-state index in [1.807, 2.05) is 46.8 Å². The standard InChI is InChI=1S/C18H25BrO4/c1-16(2)15(20)18(5,17(3,4)23-16)10-12-13(21-6)8-11(19)9-14(12)22-7/h8-9H,10H2,1-7H3. The molecule has 1 atom stereocenters. The zero-order chi connectivity index (χ0) is 17.6. The molecular weight excluding hydrogens is 360 g/mol. The van der Waals surface area contributed by atoms with Gasteiger partial charge in [0.1, 0.15) is 17.1 Å². The Hall–Kier alpha value is -1.07. The summed E-state index contributed by atoms with van der Waals surface area (Å²) < 4.78 is 18.0. The number of ether oxygens (including phenoxy) is 3. The number of Topliss-reactive ketones (excluding diaryl/α,β-unsaturated/α-hetero) is 1. The molecular formula is C18H25BrO4. The Morgan fingerprint density at radius 1 is 1.04 bits per heavy atom. The number of ketones is 1. The first-order valence-corrected chi connectivity index (χ1v) is 8.43. The van der Waals surface area contributed by atoms with Gasteiger partial charge in [-0.2, -0.15) is 0 Å². The molecule has 1 unspecified atom stereocenters. The Bertz CT molecular complexity index is 611. The highest BCUT2D eigenvalue weighted by atomic mass is 79.9. The molecule has 1 aliphatic heterocycles. The van der Waals surface area contributed by atoms with Gasteiger partial charge in [0, 0.05) is 10.0 Å². The van der Waals surface area contributed by atoms with E-state index in [1.165, 1.54) is 0 Å².